The standard InChI is InChI=1S/C25H27N3/c1-2-20-13-10-16-23(18-17-20)25(27-19-21-11-6-5-7-12-21)28-24(26)22-14-8-3-4-9-15-22/h3-12,14,16-18H,2,13,15,19H2,1H3,(H2,26,27,28). The number of rotatable bonds is 5. The van der Waals surface area contributed by atoms with Gasteiger partial charge in [0.15, 0.2) is 5.84 Å². The Hall–Kier alpha value is -3.20. The monoisotopic (exact) mass is 369 g/mol. The summed E-state index contributed by atoms with van der Waals surface area (Å²) in [6.07, 6.45) is 21.4. The molecule has 0 heterocycles. The van der Waals surface area contributed by atoms with Gasteiger partial charge in [0.05, 0.1) is 6.54 Å². The first-order valence-electron chi connectivity index (χ1n) is 9.78. The summed E-state index contributed by atoms with van der Waals surface area (Å²) in [5, 5.41) is 0. The second-order valence-corrected chi connectivity index (χ2v) is 6.74. The Kier molecular flexibility index (Phi) is 7.14. The van der Waals surface area contributed by atoms with Crippen LogP contribution >= 0.6 is 0 Å². The number of hydrogen-bond acceptors (Lipinski definition) is 1. The Bertz CT molecular complexity index is 920. The van der Waals surface area contributed by atoms with Gasteiger partial charge in [-0.3, -0.25) is 4.99 Å². The maximum absolute atomic E-state index is 6.35. The van der Waals surface area contributed by atoms with Crippen molar-refractivity contribution in [2.24, 2.45) is 15.7 Å². The van der Waals surface area contributed by atoms with Crippen molar-refractivity contribution in [3.05, 3.63) is 107 Å². The molecule has 0 atom stereocenters. The summed E-state index contributed by atoms with van der Waals surface area (Å²) in [4.78, 5) is 9.54. The highest BCUT2D eigenvalue weighted by molar-refractivity contribution is 6.12. The lowest BCUT2D eigenvalue weighted by molar-refractivity contribution is 1.03. The fourth-order valence-corrected chi connectivity index (χ4v) is 2.97. The Morgan fingerprint density at radius 3 is 2.64 bits per heavy atom. The van der Waals surface area contributed by atoms with Gasteiger partial charge in [-0.05, 0) is 30.4 Å². The molecule has 0 radical (unpaired) electrons. The minimum atomic E-state index is 0.515. The predicted molar refractivity (Wildman–Crippen MR) is 120 cm³/mol. The van der Waals surface area contributed by atoms with E-state index in [0.29, 0.717) is 18.2 Å². The zero-order valence-electron chi connectivity index (χ0n) is 16.4. The van der Waals surface area contributed by atoms with Gasteiger partial charge in [-0.15, -0.1) is 0 Å². The average molecular weight is 370 g/mol. The molecule has 0 bridgehead atoms. The maximum atomic E-state index is 6.35. The van der Waals surface area contributed by atoms with Crippen LogP contribution in [0.4, 0.5) is 0 Å². The fraction of sp³-hybridized carbons (Fsp3) is 0.200. The normalized spacial score (nSPS) is 17.5. The van der Waals surface area contributed by atoms with Gasteiger partial charge < -0.3 is 5.73 Å². The summed E-state index contributed by atoms with van der Waals surface area (Å²) < 4.78 is 0. The number of allylic oxidation sites excluding steroid dienone is 9. The second kappa shape index (κ2) is 10.2. The van der Waals surface area contributed by atoms with Gasteiger partial charge >= 0.3 is 0 Å². The molecule has 0 amide bonds. The third kappa shape index (κ3) is 5.65. The number of benzene rings is 1. The highest BCUT2D eigenvalue weighted by atomic mass is 15.0. The maximum Gasteiger partial charge on any atom is 0.157 e. The van der Waals surface area contributed by atoms with Crippen molar-refractivity contribution in [3.63, 3.8) is 0 Å². The van der Waals surface area contributed by atoms with Gasteiger partial charge in [0.1, 0.15) is 5.84 Å². The van der Waals surface area contributed by atoms with Crippen LogP contribution in [-0.2, 0) is 6.54 Å². The molecule has 28 heavy (non-hydrogen) atoms. The van der Waals surface area contributed by atoms with E-state index in [2.05, 4.69) is 49.4 Å². The van der Waals surface area contributed by atoms with Crippen LogP contribution in [-0.4, -0.2) is 11.7 Å². The Labute approximate surface area is 167 Å². The van der Waals surface area contributed by atoms with Crippen molar-refractivity contribution in [2.45, 2.75) is 32.7 Å². The zero-order valence-corrected chi connectivity index (χ0v) is 16.4. The van der Waals surface area contributed by atoms with Crippen LogP contribution in [0.25, 0.3) is 0 Å². The van der Waals surface area contributed by atoms with Gasteiger partial charge in [0, 0.05) is 5.57 Å². The van der Waals surface area contributed by atoms with Crippen LogP contribution in [0, 0.1) is 0 Å². The molecular formula is C25H27N3. The number of nitrogens with two attached hydrogens (primary N) is 1. The molecule has 0 unspecified atom stereocenters. The first-order chi connectivity index (χ1) is 13.8. The van der Waals surface area contributed by atoms with E-state index in [-0.39, 0.29) is 0 Å². The van der Waals surface area contributed by atoms with Crippen LogP contribution in [0.3, 0.4) is 0 Å². The van der Waals surface area contributed by atoms with E-state index in [1.165, 1.54) is 5.57 Å². The summed E-state index contributed by atoms with van der Waals surface area (Å²) >= 11 is 0. The van der Waals surface area contributed by atoms with Gasteiger partial charge in [-0.1, -0.05) is 97.5 Å². The predicted octanol–water partition coefficient (Wildman–Crippen LogP) is 5.61. The molecule has 0 aliphatic heterocycles. The Morgan fingerprint density at radius 1 is 0.964 bits per heavy atom. The molecule has 2 aliphatic carbocycles. The van der Waals surface area contributed by atoms with Crippen LogP contribution in [0.5, 0.6) is 0 Å². The second-order valence-electron chi connectivity index (χ2n) is 6.74. The van der Waals surface area contributed by atoms with Gasteiger partial charge in [-0.2, -0.15) is 0 Å². The molecule has 3 heteroatoms. The largest absolute Gasteiger partial charge is 0.383 e. The summed E-state index contributed by atoms with van der Waals surface area (Å²) in [5.41, 5.74) is 10.9. The molecule has 2 N–H and O–H groups in total. The minimum absolute atomic E-state index is 0.515. The Morgan fingerprint density at radius 2 is 1.82 bits per heavy atom. The first-order valence-corrected chi connectivity index (χ1v) is 9.78. The molecule has 142 valence electrons. The summed E-state index contributed by atoms with van der Waals surface area (Å²) in [6, 6.07) is 10.2. The summed E-state index contributed by atoms with van der Waals surface area (Å²) in [5.74, 6) is 1.19. The quantitative estimate of drug-likeness (QED) is 0.532. The fourth-order valence-electron chi connectivity index (χ4n) is 2.97. The number of nitrogens with zero attached hydrogens (tertiary/aromatic N) is 2. The lowest BCUT2D eigenvalue weighted by Gasteiger charge is -2.07. The SMILES string of the molecule is CCC1=CC=C(C(N=C(N)C2=CC=CC=CC2)=NCc2ccccc2)C=CC1. The van der Waals surface area contributed by atoms with Crippen molar-refractivity contribution in [1.29, 1.82) is 0 Å². The van der Waals surface area contributed by atoms with Gasteiger partial charge in [0.2, 0.25) is 0 Å². The van der Waals surface area contributed by atoms with Gasteiger partial charge in [0.25, 0.3) is 0 Å². The average Bonchev–Trinajstić information content (AvgIpc) is 3.15. The van der Waals surface area contributed by atoms with Crippen LogP contribution in [0.1, 0.15) is 31.7 Å². The number of hydrogen-bond donors (Lipinski definition) is 1. The molecule has 2 aliphatic rings. The molecule has 0 saturated carbocycles. The van der Waals surface area contributed by atoms with Crippen molar-refractivity contribution in [3.8, 4) is 0 Å². The molecule has 3 nitrogen and oxygen atoms in total. The van der Waals surface area contributed by atoms with Gasteiger partial charge in [-0.25, -0.2) is 4.99 Å². The lowest BCUT2D eigenvalue weighted by atomic mass is 10.1. The molecule has 3 rings (SSSR count). The zero-order chi connectivity index (χ0) is 19.6. The van der Waals surface area contributed by atoms with Crippen molar-refractivity contribution in [1.82, 2.24) is 0 Å². The number of aliphatic imine (C=N–C) groups is 2. The highest BCUT2D eigenvalue weighted by Gasteiger charge is 2.09. The summed E-state index contributed by atoms with van der Waals surface area (Å²) in [7, 11) is 0. The Balaban J connectivity index is 1.94. The molecule has 0 aromatic heterocycles. The third-order valence-electron chi connectivity index (χ3n) is 4.69. The van der Waals surface area contributed by atoms with E-state index in [9.17, 15) is 0 Å². The molecule has 1 aromatic rings. The number of amidine groups is 2. The third-order valence-corrected chi connectivity index (χ3v) is 4.69. The van der Waals surface area contributed by atoms with Crippen LogP contribution in [0.15, 0.2) is 112 Å². The summed E-state index contributed by atoms with van der Waals surface area (Å²) in [6.45, 7) is 2.75. The topological polar surface area (TPSA) is 50.7 Å². The van der Waals surface area contributed by atoms with E-state index in [0.717, 1.165) is 36.0 Å². The molecule has 0 fully saturated rings. The molecule has 1 aromatic carbocycles. The smallest absolute Gasteiger partial charge is 0.157 e. The van der Waals surface area contributed by atoms with Crippen LogP contribution < -0.4 is 5.73 Å². The molecule has 0 saturated heterocycles. The van der Waals surface area contributed by atoms with E-state index in [1.54, 1.807) is 0 Å². The lowest BCUT2D eigenvalue weighted by Crippen LogP contribution is -2.17. The molecule has 0 spiro atoms. The first kappa shape index (κ1) is 19.6. The van der Waals surface area contributed by atoms with Crippen LogP contribution in [0.2, 0.25) is 0 Å². The van der Waals surface area contributed by atoms with E-state index >= 15 is 0 Å². The van der Waals surface area contributed by atoms with E-state index in [1.807, 2.05) is 42.5 Å². The molecular weight excluding hydrogens is 342 g/mol. The van der Waals surface area contributed by atoms with Crippen molar-refractivity contribution >= 4 is 11.7 Å². The minimum Gasteiger partial charge on any atom is -0.383 e. The van der Waals surface area contributed by atoms with Crippen molar-refractivity contribution in [2.75, 3.05) is 0 Å². The van der Waals surface area contributed by atoms with E-state index < -0.39 is 0 Å². The van der Waals surface area contributed by atoms with E-state index in [4.69, 9.17) is 15.7 Å². The highest BCUT2D eigenvalue weighted by Crippen LogP contribution is 2.17. The van der Waals surface area contributed by atoms with Crippen molar-refractivity contribution < 1.29 is 0 Å².